The maximum Gasteiger partial charge on any atom is 0.253 e. The third-order valence-electron chi connectivity index (χ3n) is 4.38. The van der Waals surface area contributed by atoms with Crippen molar-refractivity contribution in [1.82, 2.24) is 4.90 Å². The van der Waals surface area contributed by atoms with Crippen molar-refractivity contribution in [3.63, 3.8) is 0 Å². The molecule has 0 saturated carbocycles. The van der Waals surface area contributed by atoms with Gasteiger partial charge in [0.2, 0.25) is 0 Å². The van der Waals surface area contributed by atoms with E-state index in [1.54, 1.807) is 4.90 Å². The van der Waals surface area contributed by atoms with Crippen LogP contribution in [-0.4, -0.2) is 44.2 Å². The number of morpholine rings is 1. The summed E-state index contributed by atoms with van der Waals surface area (Å²) in [7, 11) is 1.85. The molecule has 1 amide bonds. The van der Waals surface area contributed by atoms with E-state index in [4.69, 9.17) is 4.74 Å². The van der Waals surface area contributed by atoms with Crippen LogP contribution in [0.25, 0.3) is 0 Å². The Kier molecular flexibility index (Phi) is 5.16. The molecule has 1 heterocycles. The lowest BCUT2D eigenvalue weighted by Gasteiger charge is -2.29. The fourth-order valence-corrected chi connectivity index (χ4v) is 2.90. The number of nitrogens with zero attached hydrogens (tertiary/aromatic N) is 2. The Bertz CT molecular complexity index is 674. The van der Waals surface area contributed by atoms with Crippen molar-refractivity contribution < 1.29 is 9.53 Å². The summed E-state index contributed by atoms with van der Waals surface area (Å²) in [5.74, 6) is 0.0455. The minimum atomic E-state index is 0.0455. The highest BCUT2D eigenvalue weighted by molar-refractivity contribution is 5.94. The molecule has 0 N–H and O–H groups in total. The van der Waals surface area contributed by atoms with Gasteiger partial charge < -0.3 is 14.5 Å². The molecule has 0 aromatic heterocycles. The van der Waals surface area contributed by atoms with Crippen molar-refractivity contribution in [3.05, 3.63) is 65.2 Å². The number of benzene rings is 2. The maximum atomic E-state index is 12.6. The van der Waals surface area contributed by atoms with Crippen LogP contribution in [0, 0.1) is 6.92 Å². The molecule has 4 nitrogen and oxygen atoms in total. The Labute approximate surface area is 143 Å². The SMILES string of the molecule is Cc1ccc(CN(C)C(=O)c2ccc(N3CCOCC3)cc2)cc1. The molecular formula is C20H24N2O2. The molecule has 24 heavy (non-hydrogen) atoms. The number of anilines is 1. The molecule has 0 unspecified atom stereocenters. The average Bonchev–Trinajstić information content (AvgIpc) is 2.64. The standard InChI is InChI=1S/C20H24N2O2/c1-16-3-5-17(6-4-16)15-21(2)20(23)18-7-9-19(10-8-18)22-11-13-24-14-12-22/h3-10H,11-15H2,1-2H3. The second-order valence-corrected chi connectivity index (χ2v) is 6.29. The van der Waals surface area contributed by atoms with E-state index in [0.717, 1.165) is 43.1 Å². The van der Waals surface area contributed by atoms with Gasteiger partial charge in [-0.2, -0.15) is 0 Å². The fourth-order valence-electron chi connectivity index (χ4n) is 2.90. The predicted molar refractivity (Wildman–Crippen MR) is 96.5 cm³/mol. The van der Waals surface area contributed by atoms with Crippen LogP contribution in [0.2, 0.25) is 0 Å². The van der Waals surface area contributed by atoms with Crippen molar-refractivity contribution in [2.24, 2.45) is 0 Å². The van der Waals surface area contributed by atoms with Gasteiger partial charge in [0.05, 0.1) is 13.2 Å². The largest absolute Gasteiger partial charge is 0.378 e. The van der Waals surface area contributed by atoms with Gasteiger partial charge in [-0.15, -0.1) is 0 Å². The third kappa shape index (κ3) is 3.95. The van der Waals surface area contributed by atoms with E-state index in [1.807, 2.05) is 31.3 Å². The van der Waals surface area contributed by atoms with Crippen LogP contribution in [0.5, 0.6) is 0 Å². The topological polar surface area (TPSA) is 32.8 Å². The third-order valence-corrected chi connectivity index (χ3v) is 4.38. The number of carbonyl (C=O) groups is 1. The van der Waals surface area contributed by atoms with Crippen LogP contribution in [0.4, 0.5) is 5.69 Å². The first-order valence-corrected chi connectivity index (χ1v) is 8.37. The molecule has 0 radical (unpaired) electrons. The van der Waals surface area contributed by atoms with Gasteiger partial charge in [-0.3, -0.25) is 4.79 Å². The van der Waals surface area contributed by atoms with Crippen LogP contribution < -0.4 is 4.90 Å². The molecule has 4 heteroatoms. The second kappa shape index (κ2) is 7.49. The highest BCUT2D eigenvalue weighted by Gasteiger charge is 2.14. The van der Waals surface area contributed by atoms with Gasteiger partial charge in [-0.1, -0.05) is 29.8 Å². The quantitative estimate of drug-likeness (QED) is 0.866. The molecule has 126 valence electrons. The molecule has 1 aliphatic heterocycles. The highest BCUT2D eigenvalue weighted by Crippen LogP contribution is 2.18. The summed E-state index contributed by atoms with van der Waals surface area (Å²) in [5, 5.41) is 0. The van der Waals surface area contributed by atoms with Gasteiger partial charge in [0.25, 0.3) is 5.91 Å². The van der Waals surface area contributed by atoms with Crippen molar-refractivity contribution in [2.75, 3.05) is 38.3 Å². The summed E-state index contributed by atoms with van der Waals surface area (Å²) in [4.78, 5) is 16.6. The Hall–Kier alpha value is -2.33. The number of aryl methyl sites for hydroxylation is 1. The van der Waals surface area contributed by atoms with E-state index in [-0.39, 0.29) is 5.91 Å². The van der Waals surface area contributed by atoms with Gasteiger partial charge in [-0.25, -0.2) is 0 Å². The zero-order valence-corrected chi connectivity index (χ0v) is 14.4. The van der Waals surface area contributed by atoms with Crippen molar-refractivity contribution in [3.8, 4) is 0 Å². The van der Waals surface area contributed by atoms with Gasteiger partial charge >= 0.3 is 0 Å². The summed E-state index contributed by atoms with van der Waals surface area (Å²) in [5.41, 5.74) is 4.24. The van der Waals surface area contributed by atoms with E-state index in [1.165, 1.54) is 5.56 Å². The fraction of sp³-hybridized carbons (Fsp3) is 0.350. The van der Waals surface area contributed by atoms with E-state index < -0.39 is 0 Å². The normalized spacial score (nSPS) is 14.5. The van der Waals surface area contributed by atoms with E-state index in [9.17, 15) is 4.79 Å². The molecule has 2 aromatic rings. The number of carbonyl (C=O) groups excluding carboxylic acids is 1. The van der Waals surface area contributed by atoms with Crippen LogP contribution in [0.15, 0.2) is 48.5 Å². The van der Waals surface area contributed by atoms with Crippen molar-refractivity contribution in [2.45, 2.75) is 13.5 Å². The van der Waals surface area contributed by atoms with Crippen LogP contribution in [0.3, 0.4) is 0 Å². The van der Waals surface area contributed by atoms with Crippen LogP contribution in [0.1, 0.15) is 21.5 Å². The lowest BCUT2D eigenvalue weighted by atomic mass is 10.1. The van der Waals surface area contributed by atoms with Gasteiger partial charge in [0.1, 0.15) is 0 Å². The first kappa shape index (κ1) is 16.5. The monoisotopic (exact) mass is 324 g/mol. The zero-order chi connectivity index (χ0) is 16.9. The number of hydrogen-bond donors (Lipinski definition) is 0. The van der Waals surface area contributed by atoms with Crippen LogP contribution >= 0.6 is 0 Å². The molecule has 1 fully saturated rings. The Balaban J connectivity index is 1.64. The first-order valence-electron chi connectivity index (χ1n) is 8.37. The summed E-state index contributed by atoms with van der Waals surface area (Å²) in [6, 6.07) is 16.2. The maximum absolute atomic E-state index is 12.6. The average molecular weight is 324 g/mol. The second-order valence-electron chi connectivity index (χ2n) is 6.29. The zero-order valence-electron chi connectivity index (χ0n) is 14.4. The summed E-state index contributed by atoms with van der Waals surface area (Å²) in [6.07, 6.45) is 0. The molecule has 0 bridgehead atoms. The van der Waals surface area contributed by atoms with Crippen LogP contribution in [-0.2, 0) is 11.3 Å². The first-order chi connectivity index (χ1) is 11.6. The Morgan fingerprint density at radius 3 is 2.29 bits per heavy atom. The lowest BCUT2D eigenvalue weighted by Crippen LogP contribution is -2.36. The summed E-state index contributed by atoms with van der Waals surface area (Å²) < 4.78 is 5.38. The number of ether oxygens (including phenoxy) is 1. The van der Waals surface area contributed by atoms with Gasteiger partial charge in [0.15, 0.2) is 0 Å². The Morgan fingerprint density at radius 1 is 1.04 bits per heavy atom. The highest BCUT2D eigenvalue weighted by atomic mass is 16.5. The minimum absolute atomic E-state index is 0.0455. The number of rotatable bonds is 4. The minimum Gasteiger partial charge on any atom is -0.378 e. The predicted octanol–water partition coefficient (Wildman–Crippen LogP) is 3.10. The molecule has 1 saturated heterocycles. The van der Waals surface area contributed by atoms with E-state index in [0.29, 0.717) is 6.54 Å². The van der Waals surface area contributed by atoms with Gasteiger partial charge in [-0.05, 0) is 36.8 Å². The van der Waals surface area contributed by atoms with Gasteiger partial charge in [0, 0.05) is 37.9 Å². The molecule has 0 aliphatic carbocycles. The van der Waals surface area contributed by atoms with E-state index in [2.05, 4.69) is 36.1 Å². The lowest BCUT2D eigenvalue weighted by molar-refractivity contribution is 0.0785. The molecular weight excluding hydrogens is 300 g/mol. The molecule has 0 atom stereocenters. The molecule has 3 rings (SSSR count). The molecule has 0 spiro atoms. The summed E-state index contributed by atoms with van der Waals surface area (Å²) in [6.45, 7) is 6.01. The van der Waals surface area contributed by atoms with Crippen molar-refractivity contribution >= 4 is 11.6 Å². The molecule has 2 aromatic carbocycles. The smallest absolute Gasteiger partial charge is 0.253 e. The van der Waals surface area contributed by atoms with E-state index >= 15 is 0 Å². The van der Waals surface area contributed by atoms with Crippen molar-refractivity contribution in [1.29, 1.82) is 0 Å². The number of amides is 1. The summed E-state index contributed by atoms with van der Waals surface area (Å²) >= 11 is 0. The Morgan fingerprint density at radius 2 is 1.67 bits per heavy atom. The number of hydrogen-bond acceptors (Lipinski definition) is 3. The molecule has 1 aliphatic rings.